The average molecular weight is 245 g/mol. The highest BCUT2D eigenvalue weighted by atomic mass is 32.2. The van der Waals surface area contributed by atoms with Crippen LogP contribution in [0, 0.1) is 0 Å². The van der Waals surface area contributed by atoms with Crippen LogP contribution in [0.2, 0.25) is 0 Å². The molecule has 0 atom stereocenters. The Morgan fingerprint density at radius 3 is 2.73 bits per heavy atom. The van der Waals surface area contributed by atoms with Crippen molar-refractivity contribution < 1.29 is 0 Å². The number of rotatable bonds is 3. The standard InChI is InChI=1S/C8H15N5S2/c1-2-13-11-8(10-12-13)9-7-5-14-3-4-15-6-7/h7H,2-6H2,1H3,(H,9,11). The predicted octanol–water partition coefficient (Wildman–Crippen LogP) is 0.954. The highest BCUT2D eigenvalue weighted by Gasteiger charge is 2.14. The molecular weight excluding hydrogens is 230 g/mol. The van der Waals surface area contributed by atoms with Crippen LogP contribution in [0.25, 0.3) is 0 Å². The van der Waals surface area contributed by atoms with Gasteiger partial charge < -0.3 is 5.32 Å². The van der Waals surface area contributed by atoms with E-state index in [0.717, 1.165) is 18.1 Å². The molecule has 5 nitrogen and oxygen atoms in total. The van der Waals surface area contributed by atoms with Crippen LogP contribution in [0.4, 0.5) is 5.95 Å². The van der Waals surface area contributed by atoms with E-state index in [0.29, 0.717) is 12.0 Å². The van der Waals surface area contributed by atoms with E-state index < -0.39 is 0 Å². The van der Waals surface area contributed by atoms with Gasteiger partial charge in [0.25, 0.3) is 5.95 Å². The molecule has 1 saturated heterocycles. The van der Waals surface area contributed by atoms with Gasteiger partial charge in [0.1, 0.15) is 0 Å². The maximum Gasteiger partial charge on any atom is 0.263 e. The average Bonchev–Trinajstić information content (AvgIpc) is 2.54. The van der Waals surface area contributed by atoms with Gasteiger partial charge in [-0.2, -0.15) is 28.3 Å². The lowest BCUT2D eigenvalue weighted by atomic mass is 10.4. The Hall–Kier alpha value is -0.430. The Morgan fingerprint density at radius 2 is 2.13 bits per heavy atom. The highest BCUT2D eigenvalue weighted by Crippen LogP contribution is 2.18. The number of aromatic nitrogens is 4. The maximum absolute atomic E-state index is 4.22. The Morgan fingerprint density at radius 1 is 1.40 bits per heavy atom. The van der Waals surface area contributed by atoms with Gasteiger partial charge in [-0.1, -0.05) is 5.10 Å². The molecule has 1 aliphatic heterocycles. The smallest absolute Gasteiger partial charge is 0.263 e. The third-order valence-corrected chi connectivity index (χ3v) is 4.60. The van der Waals surface area contributed by atoms with E-state index in [2.05, 4.69) is 20.7 Å². The molecule has 1 aromatic rings. The third kappa shape index (κ3) is 3.27. The minimum Gasteiger partial charge on any atom is -0.347 e. The minimum absolute atomic E-state index is 0.469. The van der Waals surface area contributed by atoms with Crippen molar-refractivity contribution in [3.8, 4) is 0 Å². The van der Waals surface area contributed by atoms with Crippen LogP contribution in [0.3, 0.4) is 0 Å². The number of anilines is 1. The number of hydrogen-bond acceptors (Lipinski definition) is 6. The van der Waals surface area contributed by atoms with Gasteiger partial charge in [0.15, 0.2) is 0 Å². The normalized spacial score (nSPS) is 18.7. The fourth-order valence-electron chi connectivity index (χ4n) is 1.32. The van der Waals surface area contributed by atoms with E-state index in [1.54, 1.807) is 4.80 Å². The first kappa shape index (κ1) is 11.1. The molecule has 1 fully saturated rings. The summed E-state index contributed by atoms with van der Waals surface area (Å²) in [6.45, 7) is 2.77. The van der Waals surface area contributed by atoms with E-state index in [4.69, 9.17) is 0 Å². The molecule has 2 rings (SSSR count). The van der Waals surface area contributed by atoms with Gasteiger partial charge in [-0.3, -0.25) is 0 Å². The number of nitrogens with zero attached hydrogens (tertiary/aromatic N) is 4. The fraction of sp³-hybridized carbons (Fsp3) is 0.875. The monoisotopic (exact) mass is 245 g/mol. The molecule has 0 aliphatic carbocycles. The lowest BCUT2D eigenvalue weighted by Crippen LogP contribution is -2.25. The van der Waals surface area contributed by atoms with Crippen LogP contribution in [0.15, 0.2) is 0 Å². The summed E-state index contributed by atoms with van der Waals surface area (Å²) in [5.74, 6) is 5.42. The molecule has 1 aromatic heterocycles. The van der Waals surface area contributed by atoms with E-state index in [9.17, 15) is 0 Å². The summed E-state index contributed by atoms with van der Waals surface area (Å²) in [5, 5.41) is 15.4. The van der Waals surface area contributed by atoms with Crippen molar-refractivity contribution in [1.29, 1.82) is 0 Å². The van der Waals surface area contributed by atoms with Crippen molar-refractivity contribution in [3.63, 3.8) is 0 Å². The number of aryl methyl sites for hydroxylation is 1. The van der Waals surface area contributed by atoms with Crippen LogP contribution < -0.4 is 5.32 Å². The van der Waals surface area contributed by atoms with E-state index in [-0.39, 0.29) is 0 Å². The van der Waals surface area contributed by atoms with E-state index in [1.807, 2.05) is 30.4 Å². The lowest BCUT2D eigenvalue weighted by molar-refractivity contribution is 0.552. The maximum atomic E-state index is 4.22. The molecule has 0 bridgehead atoms. The van der Waals surface area contributed by atoms with Gasteiger partial charge in [0.05, 0.1) is 6.54 Å². The lowest BCUT2D eigenvalue weighted by Gasteiger charge is -2.12. The van der Waals surface area contributed by atoms with Crippen LogP contribution in [0.1, 0.15) is 6.92 Å². The Kier molecular flexibility index (Phi) is 4.13. The second-order valence-corrected chi connectivity index (χ2v) is 5.59. The summed E-state index contributed by atoms with van der Waals surface area (Å²) in [5.41, 5.74) is 0. The first-order valence-electron chi connectivity index (χ1n) is 5.08. The highest BCUT2D eigenvalue weighted by molar-refractivity contribution is 8.03. The zero-order chi connectivity index (χ0) is 10.5. The Labute approximate surface area is 97.8 Å². The van der Waals surface area contributed by atoms with Gasteiger partial charge in [-0.25, -0.2) is 0 Å². The van der Waals surface area contributed by atoms with Crippen molar-refractivity contribution in [3.05, 3.63) is 0 Å². The molecule has 0 unspecified atom stereocenters. The summed E-state index contributed by atoms with van der Waals surface area (Å²) in [7, 11) is 0. The largest absolute Gasteiger partial charge is 0.347 e. The molecule has 15 heavy (non-hydrogen) atoms. The number of nitrogens with one attached hydrogen (secondary N) is 1. The second kappa shape index (κ2) is 5.60. The summed E-state index contributed by atoms with van der Waals surface area (Å²) < 4.78 is 0. The quantitative estimate of drug-likeness (QED) is 0.856. The van der Waals surface area contributed by atoms with Crippen LogP contribution >= 0.6 is 23.5 Å². The van der Waals surface area contributed by atoms with Gasteiger partial charge >= 0.3 is 0 Å². The molecule has 0 spiro atoms. The predicted molar refractivity (Wildman–Crippen MR) is 65.6 cm³/mol. The summed E-state index contributed by atoms with van der Waals surface area (Å²) in [6, 6.07) is 0.469. The first-order valence-corrected chi connectivity index (χ1v) is 7.39. The summed E-state index contributed by atoms with van der Waals surface area (Å²) in [4.78, 5) is 1.60. The third-order valence-electron chi connectivity index (χ3n) is 2.08. The first-order chi connectivity index (χ1) is 7.38. The van der Waals surface area contributed by atoms with Crippen LogP contribution in [-0.4, -0.2) is 49.3 Å². The zero-order valence-electron chi connectivity index (χ0n) is 8.72. The van der Waals surface area contributed by atoms with Crippen molar-refractivity contribution in [1.82, 2.24) is 20.2 Å². The van der Waals surface area contributed by atoms with Crippen molar-refractivity contribution in [2.45, 2.75) is 19.5 Å². The molecule has 2 heterocycles. The minimum atomic E-state index is 0.469. The van der Waals surface area contributed by atoms with Gasteiger partial charge in [0.2, 0.25) is 0 Å². The second-order valence-electron chi connectivity index (χ2n) is 3.29. The number of tetrazole rings is 1. The summed E-state index contributed by atoms with van der Waals surface area (Å²) in [6.07, 6.45) is 0. The molecule has 7 heteroatoms. The fourth-order valence-corrected chi connectivity index (χ4v) is 3.71. The molecular formula is C8H15N5S2. The molecule has 0 radical (unpaired) electrons. The SMILES string of the molecule is CCn1nnc(NC2CSCCSC2)n1. The number of hydrogen-bond donors (Lipinski definition) is 1. The molecule has 84 valence electrons. The van der Waals surface area contributed by atoms with Crippen LogP contribution in [0.5, 0.6) is 0 Å². The molecule has 1 aliphatic rings. The molecule has 0 saturated carbocycles. The topological polar surface area (TPSA) is 55.6 Å². The number of thioether (sulfide) groups is 2. The van der Waals surface area contributed by atoms with E-state index in [1.165, 1.54) is 11.5 Å². The van der Waals surface area contributed by atoms with Gasteiger partial charge in [-0.15, -0.1) is 5.10 Å². The van der Waals surface area contributed by atoms with Gasteiger partial charge in [-0.05, 0) is 12.1 Å². The van der Waals surface area contributed by atoms with Crippen LogP contribution in [-0.2, 0) is 6.54 Å². The summed E-state index contributed by atoms with van der Waals surface area (Å²) >= 11 is 3.98. The molecule has 1 N–H and O–H groups in total. The van der Waals surface area contributed by atoms with Crippen molar-refractivity contribution >= 4 is 29.5 Å². The van der Waals surface area contributed by atoms with Crippen molar-refractivity contribution in [2.75, 3.05) is 28.3 Å². The zero-order valence-corrected chi connectivity index (χ0v) is 10.4. The van der Waals surface area contributed by atoms with E-state index >= 15 is 0 Å². The van der Waals surface area contributed by atoms with Gasteiger partial charge in [0, 0.05) is 29.1 Å². The van der Waals surface area contributed by atoms with Crippen molar-refractivity contribution in [2.24, 2.45) is 0 Å². The Balaban J connectivity index is 1.89. The molecule has 0 aromatic carbocycles. The molecule has 0 amide bonds. The Bertz CT molecular complexity index is 295.